The fourth-order valence-electron chi connectivity index (χ4n) is 4.33. The van der Waals surface area contributed by atoms with Crippen LogP contribution in [0.4, 0.5) is 0 Å². The number of piperazine rings is 1. The highest BCUT2D eigenvalue weighted by atomic mass is 16.2. The van der Waals surface area contributed by atoms with Crippen LogP contribution < -0.4 is 0 Å². The second-order valence-corrected chi connectivity index (χ2v) is 8.06. The highest BCUT2D eigenvalue weighted by molar-refractivity contribution is 5.81. The smallest absolute Gasteiger partial charge is 0.225 e. The van der Waals surface area contributed by atoms with Crippen molar-refractivity contribution in [2.24, 2.45) is 11.8 Å². The molecule has 0 atom stereocenters. The van der Waals surface area contributed by atoms with Crippen LogP contribution in [0.25, 0.3) is 0 Å². The third-order valence-corrected chi connectivity index (χ3v) is 6.10. The molecular weight excluding hydrogens is 354 g/mol. The van der Waals surface area contributed by atoms with E-state index in [0.717, 1.165) is 31.2 Å². The van der Waals surface area contributed by atoms with Crippen molar-refractivity contribution < 1.29 is 14.4 Å². The van der Waals surface area contributed by atoms with Crippen molar-refractivity contribution in [2.75, 3.05) is 33.2 Å². The van der Waals surface area contributed by atoms with E-state index in [2.05, 4.69) is 0 Å². The Hall–Kier alpha value is -2.37. The molecule has 0 spiro atoms. The molecule has 0 N–H and O–H groups in total. The van der Waals surface area contributed by atoms with E-state index in [-0.39, 0.29) is 29.6 Å². The zero-order chi connectivity index (χ0) is 20.1. The number of rotatable bonds is 4. The molecule has 1 aromatic rings. The van der Waals surface area contributed by atoms with Crippen molar-refractivity contribution in [1.29, 1.82) is 0 Å². The van der Waals surface area contributed by atoms with Crippen LogP contribution in [0.3, 0.4) is 0 Å². The van der Waals surface area contributed by atoms with Crippen LogP contribution in [0.5, 0.6) is 0 Å². The summed E-state index contributed by atoms with van der Waals surface area (Å²) in [5, 5.41) is 0. The van der Waals surface area contributed by atoms with Gasteiger partial charge in [0.05, 0.1) is 0 Å². The first-order valence-corrected chi connectivity index (χ1v) is 10.3. The molecule has 0 bridgehead atoms. The zero-order valence-corrected chi connectivity index (χ0v) is 17.0. The third-order valence-electron chi connectivity index (χ3n) is 6.10. The molecule has 1 aliphatic heterocycles. The van der Waals surface area contributed by atoms with Crippen LogP contribution in [0.1, 0.15) is 38.2 Å². The lowest BCUT2D eigenvalue weighted by Crippen LogP contribution is -2.51. The van der Waals surface area contributed by atoms with Gasteiger partial charge in [-0.15, -0.1) is 0 Å². The zero-order valence-electron chi connectivity index (χ0n) is 17.0. The molecule has 152 valence electrons. The number of amides is 3. The Morgan fingerprint density at radius 1 is 0.893 bits per heavy atom. The molecule has 2 fully saturated rings. The fraction of sp³-hybridized carbons (Fsp3) is 0.591. The molecule has 1 aromatic carbocycles. The van der Waals surface area contributed by atoms with E-state index in [1.54, 1.807) is 11.8 Å². The maximum atomic E-state index is 12.8. The van der Waals surface area contributed by atoms with E-state index < -0.39 is 0 Å². The van der Waals surface area contributed by atoms with Gasteiger partial charge in [-0.05, 0) is 31.2 Å². The van der Waals surface area contributed by atoms with Crippen molar-refractivity contribution in [3.05, 3.63) is 35.9 Å². The monoisotopic (exact) mass is 385 g/mol. The largest absolute Gasteiger partial charge is 0.341 e. The maximum absolute atomic E-state index is 12.8. The molecule has 2 aliphatic rings. The van der Waals surface area contributed by atoms with Crippen molar-refractivity contribution in [3.63, 3.8) is 0 Å². The predicted molar refractivity (Wildman–Crippen MR) is 107 cm³/mol. The Bertz CT molecular complexity index is 690. The van der Waals surface area contributed by atoms with E-state index in [4.69, 9.17) is 0 Å². The molecule has 6 heteroatoms. The maximum Gasteiger partial charge on any atom is 0.225 e. The summed E-state index contributed by atoms with van der Waals surface area (Å²) in [4.78, 5) is 42.5. The highest BCUT2D eigenvalue weighted by Gasteiger charge is 2.34. The summed E-state index contributed by atoms with van der Waals surface area (Å²) in [5.41, 5.74) is 1.13. The van der Waals surface area contributed by atoms with Gasteiger partial charge in [-0.1, -0.05) is 30.3 Å². The van der Waals surface area contributed by atoms with Crippen molar-refractivity contribution in [3.8, 4) is 0 Å². The van der Waals surface area contributed by atoms with Gasteiger partial charge in [0.2, 0.25) is 17.7 Å². The summed E-state index contributed by atoms with van der Waals surface area (Å²) in [5.74, 6) is 0.502. The van der Waals surface area contributed by atoms with Crippen molar-refractivity contribution in [1.82, 2.24) is 14.7 Å². The Balaban J connectivity index is 1.45. The Morgan fingerprint density at radius 2 is 1.43 bits per heavy atom. The number of nitrogens with zero attached hydrogens (tertiary/aromatic N) is 3. The standard InChI is InChI=1S/C22H31N3O3/c1-17(26)24-12-14-25(15-13-24)22(28)20-10-8-19(9-11-20)21(27)23(2)16-18-6-4-3-5-7-18/h3-7,19-20H,8-16H2,1-2H3. The SMILES string of the molecule is CC(=O)N1CCN(C(=O)C2CCC(C(=O)N(C)Cc3ccccc3)CC2)CC1. The second-order valence-electron chi connectivity index (χ2n) is 8.06. The van der Waals surface area contributed by atoms with Crippen LogP contribution in [-0.4, -0.2) is 65.6 Å². The molecule has 0 aromatic heterocycles. The molecule has 1 saturated carbocycles. The topological polar surface area (TPSA) is 60.9 Å². The molecule has 6 nitrogen and oxygen atoms in total. The number of benzene rings is 1. The lowest BCUT2D eigenvalue weighted by atomic mass is 9.80. The van der Waals surface area contributed by atoms with Crippen LogP contribution in [-0.2, 0) is 20.9 Å². The average Bonchev–Trinajstić information content (AvgIpc) is 2.73. The lowest BCUT2D eigenvalue weighted by Gasteiger charge is -2.37. The molecule has 3 amide bonds. The van der Waals surface area contributed by atoms with Gasteiger partial charge in [0.25, 0.3) is 0 Å². The van der Waals surface area contributed by atoms with Crippen molar-refractivity contribution >= 4 is 17.7 Å². The Labute approximate surface area is 167 Å². The lowest BCUT2D eigenvalue weighted by molar-refractivity contribution is -0.144. The van der Waals surface area contributed by atoms with E-state index in [9.17, 15) is 14.4 Å². The van der Waals surface area contributed by atoms with Gasteiger partial charge in [0, 0.05) is 58.5 Å². The van der Waals surface area contributed by atoms with Crippen LogP contribution >= 0.6 is 0 Å². The van der Waals surface area contributed by atoms with Gasteiger partial charge >= 0.3 is 0 Å². The van der Waals surface area contributed by atoms with Gasteiger partial charge < -0.3 is 14.7 Å². The minimum Gasteiger partial charge on any atom is -0.341 e. The highest BCUT2D eigenvalue weighted by Crippen LogP contribution is 2.31. The van der Waals surface area contributed by atoms with E-state index in [1.165, 1.54) is 0 Å². The number of hydrogen-bond acceptors (Lipinski definition) is 3. The van der Waals surface area contributed by atoms with Gasteiger partial charge in [-0.3, -0.25) is 14.4 Å². The normalized spacial score (nSPS) is 22.6. The summed E-state index contributed by atoms with van der Waals surface area (Å²) in [6.45, 7) is 4.69. The fourth-order valence-corrected chi connectivity index (χ4v) is 4.33. The molecule has 1 heterocycles. The van der Waals surface area contributed by atoms with E-state index in [1.807, 2.05) is 47.2 Å². The first-order valence-electron chi connectivity index (χ1n) is 10.3. The first-order chi connectivity index (χ1) is 13.5. The quantitative estimate of drug-likeness (QED) is 0.798. The Morgan fingerprint density at radius 3 is 2.00 bits per heavy atom. The van der Waals surface area contributed by atoms with Crippen molar-refractivity contribution in [2.45, 2.75) is 39.2 Å². The molecule has 1 aliphatic carbocycles. The minimum atomic E-state index is 0.0207. The van der Waals surface area contributed by atoms with Gasteiger partial charge in [-0.2, -0.15) is 0 Å². The number of carbonyl (C=O) groups is 3. The average molecular weight is 386 g/mol. The third kappa shape index (κ3) is 4.91. The molecular formula is C22H31N3O3. The number of hydrogen-bond donors (Lipinski definition) is 0. The minimum absolute atomic E-state index is 0.0207. The summed E-state index contributed by atoms with van der Waals surface area (Å²) >= 11 is 0. The van der Waals surface area contributed by atoms with Gasteiger partial charge in [-0.25, -0.2) is 0 Å². The van der Waals surface area contributed by atoms with Crippen LogP contribution in [0.15, 0.2) is 30.3 Å². The first kappa shape index (κ1) is 20.4. The summed E-state index contributed by atoms with van der Waals surface area (Å²) in [7, 11) is 1.86. The van der Waals surface area contributed by atoms with E-state index >= 15 is 0 Å². The molecule has 1 saturated heterocycles. The second kappa shape index (κ2) is 9.22. The van der Waals surface area contributed by atoms with Gasteiger partial charge in [0.1, 0.15) is 0 Å². The Kier molecular flexibility index (Phi) is 6.70. The van der Waals surface area contributed by atoms with Gasteiger partial charge in [0.15, 0.2) is 0 Å². The molecule has 3 rings (SSSR count). The predicted octanol–water partition coefficient (Wildman–Crippen LogP) is 2.14. The summed E-state index contributed by atoms with van der Waals surface area (Å²) in [6.07, 6.45) is 3.12. The van der Waals surface area contributed by atoms with Crippen LogP contribution in [0.2, 0.25) is 0 Å². The molecule has 0 radical (unpaired) electrons. The summed E-state index contributed by atoms with van der Waals surface area (Å²) in [6, 6.07) is 10.0. The summed E-state index contributed by atoms with van der Waals surface area (Å²) < 4.78 is 0. The number of carbonyl (C=O) groups excluding carboxylic acids is 3. The van der Waals surface area contributed by atoms with Crippen LogP contribution in [0, 0.1) is 11.8 Å². The van der Waals surface area contributed by atoms with E-state index in [0.29, 0.717) is 32.7 Å². The molecule has 28 heavy (non-hydrogen) atoms. The molecule has 0 unspecified atom stereocenters.